The van der Waals surface area contributed by atoms with Gasteiger partial charge in [-0.1, -0.05) is 0 Å². The maximum atomic E-state index is 12.1. The molecule has 2 aliphatic heterocycles. The second-order valence-corrected chi connectivity index (χ2v) is 5.67. The highest BCUT2D eigenvalue weighted by Gasteiger charge is 2.26. The normalized spacial score (nSPS) is 29.5. The first-order chi connectivity index (χ1) is 9.20. The summed E-state index contributed by atoms with van der Waals surface area (Å²) in [5.41, 5.74) is 0. The molecule has 0 spiro atoms. The van der Waals surface area contributed by atoms with E-state index >= 15 is 0 Å². The van der Waals surface area contributed by atoms with Crippen molar-refractivity contribution in [3.05, 3.63) is 0 Å². The quantitative estimate of drug-likeness (QED) is 0.807. The summed E-state index contributed by atoms with van der Waals surface area (Å²) >= 11 is 0. The van der Waals surface area contributed by atoms with Gasteiger partial charge in [0.05, 0.1) is 19.3 Å². The van der Waals surface area contributed by atoms with Gasteiger partial charge in [0, 0.05) is 38.6 Å². The van der Waals surface area contributed by atoms with Crippen LogP contribution in [-0.4, -0.2) is 72.4 Å². The zero-order chi connectivity index (χ0) is 13.7. The fourth-order valence-electron chi connectivity index (χ4n) is 2.84. The van der Waals surface area contributed by atoms with Gasteiger partial charge in [0.15, 0.2) is 0 Å². The molecule has 0 aromatic heterocycles. The number of aliphatic hydroxyl groups is 1. The predicted molar refractivity (Wildman–Crippen MR) is 72.9 cm³/mol. The Morgan fingerprint density at radius 3 is 2.74 bits per heavy atom. The molecule has 2 heterocycles. The monoisotopic (exact) mass is 270 g/mol. The summed E-state index contributed by atoms with van der Waals surface area (Å²) < 4.78 is 5.51. The number of nitrogens with zero attached hydrogens (tertiary/aromatic N) is 2. The molecule has 2 unspecified atom stereocenters. The van der Waals surface area contributed by atoms with E-state index in [1.165, 1.54) is 6.42 Å². The maximum Gasteiger partial charge on any atom is 0.223 e. The number of likely N-dealkylation sites (tertiary alicyclic amines) is 1. The van der Waals surface area contributed by atoms with Gasteiger partial charge >= 0.3 is 0 Å². The highest BCUT2D eigenvalue weighted by atomic mass is 16.5. The molecule has 2 atom stereocenters. The van der Waals surface area contributed by atoms with Crippen LogP contribution in [0.25, 0.3) is 0 Å². The average molecular weight is 270 g/mol. The van der Waals surface area contributed by atoms with Gasteiger partial charge in [0.2, 0.25) is 5.91 Å². The van der Waals surface area contributed by atoms with E-state index in [0.29, 0.717) is 19.1 Å². The minimum absolute atomic E-state index is 0.0588. The Labute approximate surface area is 115 Å². The van der Waals surface area contributed by atoms with Crippen LogP contribution in [0.3, 0.4) is 0 Å². The molecule has 5 heteroatoms. The first kappa shape index (κ1) is 14.8. The molecule has 2 rings (SSSR count). The lowest BCUT2D eigenvalue weighted by molar-refractivity contribution is -0.133. The fourth-order valence-corrected chi connectivity index (χ4v) is 2.84. The smallest absolute Gasteiger partial charge is 0.223 e. The van der Waals surface area contributed by atoms with Crippen LogP contribution in [0.5, 0.6) is 0 Å². The first-order valence-electron chi connectivity index (χ1n) is 7.45. The average Bonchev–Trinajstić information content (AvgIpc) is 2.47. The van der Waals surface area contributed by atoms with E-state index in [-0.39, 0.29) is 18.6 Å². The molecule has 0 bridgehead atoms. The number of ether oxygens (including phenoxy) is 1. The van der Waals surface area contributed by atoms with Crippen molar-refractivity contribution in [3.8, 4) is 0 Å². The van der Waals surface area contributed by atoms with Crippen LogP contribution in [0.1, 0.15) is 32.6 Å². The summed E-state index contributed by atoms with van der Waals surface area (Å²) in [5, 5.41) is 9.15. The van der Waals surface area contributed by atoms with Gasteiger partial charge in [-0.3, -0.25) is 9.69 Å². The van der Waals surface area contributed by atoms with Crippen molar-refractivity contribution < 1.29 is 14.6 Å². The van der Waals surface area contributed by atoms with Crippen LogP contribution in [0.2, 0.25) is 0 Å². The molecule has 2 aliphatic rings. The largest absolute Gasteiger partial charge is 0.394 e. The van der Waals surface area contributed by atoms with Gasteiger partial charge in [0.1, 0.15) is 0 Å². The number of hydrogen-bond donors (Lipinski definition) is 1. The van der Waals surface area contributed by atoms with Gasteiger partial charge in [-0.05, 0) is 26.2 Å². The lowest BCUT2D eigenvalue weighted by Gasteiger charge is -2.37. The Kier molecular flexibility index (Phi) is 5.60. The van der Waals surface area contributed by atoms with Gasteiger partial charge in [-0.25, -0.2) is 0 Å². The SMILES string of the molecule is CC1COC(CO)CN1CCC(=O)N1CCCCC1. The highest BCUT2D eigenvalue weighted by Crippen LogP contribution is 2.14. The number of carbonyl (C=O) groups is 1. The molecule has 2 saturated heterocycles. The molecule has 1 amide bonds. The van der Waals surface area contributed by atoms with Crippen LogP contribution in [0.4, 0.5) is 0 Å². The molecule has 1 N–H and O–H groups in total. The van der Waals surface area contributed by atoms with E-state index in [2.05, 4.69) is 11.8 Å². The summed E-state index contributed by atoms with van der Waals surface area (Å²) in [4.78, 5) is 16.4. The van der Waals surface area contributed by atoms with E-state index in [0.717, 1.165) is 39.0 Å². The number of carbonyl (C=O) groups excluding carboxylic acids is 1. The standard InChI is InChI=1S/C14H26N2O3/c1-12-11-19-13(10-17)9-16(12)8-5-14(18)15-6-3-2-4-7-15/h12-13,17H,2-11H2,1H3. The molecule has 0 aliphatic carbocycles. The Morgan fingerprint density at radius 2 is 2.05 bits per heavy atom. The number of aliphatic hydroxyl groups excluding tert-OH is 1. The predicted octanol–water partition coefficient (Wildman–Crippen LogP) is 0.471. The van der Waals surface area contributed by atoms with Crippen LogP contribution in [-0.2, 0) is 9.53 Å². The van der Waals surface area contributed by atoms with E-state index in [9.17, 15) is 4.79 Å². The molecule has 2 fully saturated rings. The van der Waals surface area contributed by atoms with Crippen LogP contribution in [0.15, 0.2) is 0 Å². The van der Waals surface area contributed by atoms with Crippen LogP contribution < -0.4 is 0 Å². The number of hydrogen-bond acceptors (Lipinski definition) is 4. The molecular formula is C14H26N2O3. The van der Waals surface area contributed by atoms with Gasteiger partial charge in [-0.2, -0.15) is 0 Å². The third kappa shape index (κ3) is 4.16. The Hall–Kier alpha value is -0.650. The summed E-state index contributed by atoms with van der Waals surface area (Å²) in [6, 6.07) is 0.331. The van der Waals surface area contributed by atoms with Crippen molar-refractivity contribution in [1.82, 2.24) is 9.80 Å². The Bertz CT molecular complexity index is 292. The van der Waals surface area contributed by atoms with E-state index in [1.807, 2.05) is 4.90 Å². The van der Waals surface area contributed by atoms with Gasteiger partial charge in [0.25, 0.3) is 0 Å². The van der Waals surface area contributed by atoms with Crippen molar-refractivity contribution >= 4 is 5.91 Å². The fraction of sp³-hybridized carbons (Fsp3) is 0.929. The molecule has 0 aromatic carbocycles. The van der Waals surface area contributed by atoms with Crippen molar-refractivity contribution in [2.45, 2.75) is 44.8 Å². The third-order valence-corrected chi connectivity index (χ3v) is 4.16. The molecule has 19 heavy (non-hydrogen) atoms. The number of rotatable bonds is 4. The molecule has 5 nitrogen and oxygen atoms in total. The zero-order valence-electron chi connectivity index (χ0n) is 11.9. The molecule has 0 radical (unpaired) electrons. The van der Waals surface area contributed by atoms with Gasteiger partial charge < -0.3 is 14.7 Å². The molecular weight excluding hydrogens is 244 g/mol. The number of piperidine rings is 1. The lowest BCUT2D eigenvalue weighted by atomic mass is 10.1. The molecule has 0 aromatic rings. The minimum Gasteiger partial charge on any atom is -0.394 e. The third-order valence-electron chi connectivity index (χ3n) is 4.16. The second kappa shape index (κ2) is 7.22. The molecule has 0 saturated carbocycles. The molecule has 110 valence electrons. The van der Waals surface area contributed by atoms with Crippen LogP contribution >= 0.6 is 0 Å². The summed E-state index contributed by atoms with van der Waals surface area (Å²) in [6.45, 7) is 6.17. The Morgan fingerprint density at radius 1 is 1.32 bits per heavy atom. The second-order valence-electron chi connectivity index (χ2n) is 5.67. The summed E-state index contributed by atoms with van der Waals surface area (Å²) in [5.74, 6) is 0.277. The number of morpholine rings is 1. The van der Waals surface area contributed by atoms with Gasteiger partial charge in [-0.15, -0.1) is 0 Å². The Balaban J connectivity index is 1.75. The maximum absolute atomic E-state index is 12.1. The zero-order valence-corrected chi connectivity index (χ0v) is 11.9. The van der Waals surface area contributed by atoms with E-state index < -0.39 is 0 Å². The summed E-state index contributed by atoms with van der Waals surface area (Å²) in [7, 11) is 0. The van der Waals surface area contributed by atoms with E-state index in [1.54, 1.807) is 0 Å². The minimum atomic E-state index is -0.0960. The van der Waals surface area contributed by atoms with Crippen molar-refractivity contribution in [3.63, 3.8) is 0 Å². The van der Waals surface area contributed by atoms with Crippen LogP contribution in [0, 0.1) is 0 Å². The van der Waals surface area contributed by atoms with Crippen molar-refractivity contribution in [1.29, 1.82) is 0 Å². The van der Waals surface area contributed by atoms with E-state index in [4.69, 9.17) is 9.84 Å². The topological polar surface area (TPSA) is 53.0 Å². The van der Waals surface area contributed by atoms with Crippen molar-refractivity contribution in [2.75, 3.05) is 39.4 Å². The lowest BCUT2D eigenvalue weighted by Crippen LogP contribution is -2.50. The highest BCUT2D eigenvalue weighted by molar-refractivity contribution is 5.76. The number of amides is 1. The van der Waals surface area contributed by atoms with Crippen molar-refractivity contribution in [2.24, 2.45) is 0 Å². The first-order valence-corrected chi connectivity index (χ1v) is 7.45. The summed E-state index contributed by atoms with van der Waals surface area (Å²) in [6.07, 6.45) is 4.03.